The van der Waals surface area contributed by atoms with Crippen LogP contribution in [0.4, 0.5) is 5.88 Å². The van der Waals surface area contributed by atoms with Gasteiger partial charge < -0.3 is 14.1 Å². The van der Waals surface area contributed by atoms with E-state index < -0.39 is 0 Å². The minimum absolute atomic E-state index is 0.250. The molecule has 6 nitrogen and oxygen atoms in total. The van der Waals surface area contributed by atoms with Crippen LogP contribution in [0.2, 0.25) is 0 Å². The van der Waals surface area contributed by atoms with Gasteiger partial charge in [-0.1, -0.05) is 42.5 Å². The van der Waals surface area contributed by atoms with Crippen molar-refractivity contribution in [3.63, 3.8) is 0 Å². The zero-order chi connectivity index (χ0) is 21.3. The lowest BCUT2D eigenvalue weighted by atomic mass is 10.1. The van der Waals surface area contributed by atoms with Crippen LogP contribution in [0, 0.1) is 0 Å². The van der Waals surface area contributed by atoms with E-state index in [4.69, 9.17) is 9.15 Å². The summed E-state index contributed by atoms with van der Waals surface area (Å²) in [4.78, 5) is 14.4. The predicted octanol–water partition coefficient (Wildman–Crippen LogP) is 4.31. The zero-order valence-corrected chi connectivity index (χ0v) is 18.0. The van der Waals surface area contributed by atoms with Crippen LogP contribution in [0.1, 0.15) is 27.2 Å². The third-order valence-corrected chi connectivity index (χ3v) is 5.96. The van der Waals surface area contributed by atoms with Crippen molar-refractivity contribution >= 4 is 29.8 Å². The average Bonchev–Trinajstić information content (AvgIpc) is 3.30. The van der Waals surface area contributed by atoms with Gasteiger partial charge in [0.05, 0.1) is 19.4 Å². The number of rotatable bonds is 8. The Kier molecular flexibility index (Phi) is 7.41. The summed E-state index contributed by atoms with van der Waals surface area (Å²) in [5.74, 6) is 3.00. The van der Waals surface area contributed by atoms with Gasteiger partial charge in [-0.25, -0.2) is 5.43 Å². The molecular formula is C24H25N3O3S. The minimum atomic E-state index is -0.250. The summed E-state index contributed by atoms with van der Waals surface area (Å²) in [5, 5.41) is 4.02. The predicted molar refractivity (Wildman–Crippen MR) is 125 cm³/mol. The summed E-state index contributed by atoms with van der Waals surface area (Å²) in [6.07, 6.45) is 1.51. The number of ether oxygens (including phenoxy) is 1. The smallest absolute Gasteiger partial charge is 0.271 e. The van der Waals surface area contributed by atoms with Crippen molar-refractivity contribution in [3.05, 3.63) is 89.2 Å². The Morgan fingerprint density at radius 2 is 1.68 bits per heavy atom. The van der Waals surface area contributed by atoms with E-state index in [0.717, 1.165) is 30.5 Å². The molecule has 1 aliphatic heterocycles. The third kappa shape index (κ3) is 6.23. The van der Waals surface area contributed by atoms with Gasteiger partial charge in [0.2, 0.25) is 0 Å². The summed E-state index contributed by atoms with van der Waals surface area (Å²) >= 11 is 1.85. The molecule has 1 N–H and O–H groups in total. The van der Waals surface area contributed by atoms with Crippen LogP contribution < -0.4 is 10.3 Å². The van der Waals surface area contributed by atoms with Crippen molar-refractivity contribution < 1.29 is 13.9 Å². The van der Waals surface area contributed by atoms with Gasteiger partial charge in [-0.3, -0.25) is 4.79 Å². The van der Waals surface area contributed by atoms with Gasteiger partial charge in [0.25, 0.3) is 5.91 Å². The summed E-state index contributed by atoms with van der Waals surface area (Å²) in [6, 6.07) is 21.8. The van der Waals surface area contributed by atoms with Crippen LogP contribution in [0.15, 0.2) is 76.2 Å². The van der Waals surface area contributed by atoms with E-state index in [-0.39, 0.29) is 5.91 Å². The largest absolute Gasteiger partial charge is 0.440 e. The van der Waals surface area contributed by atoms with Crippen LogP contribution in [-0.4, -0.2) is 38.4 Å². The van der Waals surface area contributed by atoms with Crippen molar-refractivity contribution in [1.29, 1.82) is 0 Å². The lowest BCUT2D eigenvalue weighted by Gasteiger charge is -2.26. The van der Waals surface area contributed by atoms with Gasteiger partial charge >= 0.3 is 0 Å². The Hall–Kier alpha value is -3.03. The first-order valence-corrected chi connectivity index (χ1v) is 11.4. The summed E-state index contributed by atoms with van der Waals surface area (Å²) in [7, 11) is 0. The molecule has 160 valence electrons. The molecule has 3 aromatic rings. The van der Waals surface area contributed by atoms with E-state index >= 15 is 0 Å². The average molecular weight is 436 g/mol. The van der Waals surface area contributed by atoms with E-state index in [1.807, 2.05) is 54.2 Å². The van der Waals surface area contributed by atoms with E-state index in [1.54, 1.807) is 0 Å². The van der Waals surface area contributed by atoms with Crippen molar-refractivity contribution in [3.8, 4) is 0 Å². The highest BCUT2D eigenvalue weighted by atomic mass is 32.2. The highest BCUT2D eigenvalue weighted by molar-refractivity contribution is 7.97. The van der Waals surface area contributed by atoms with Gasteiger partial charge in [0.15, 0.2) is 5.88 Å². The number of carbonyl (C=O) groups is 1. The lowest BCUT2D eigenvalue weighted by molar-refractivity contribution is 0.0955. The molecule has 0 aliphatic carbocycles. The summed E-state index contributed by atoms with van der Waals surface area (Å²) < 4.78 is 11.1. The molecule has 2 heterocycles. The second-order valence-electron chi connectivity index (χ2n) is 7.15. The third-order valence-electron chi connectivity index (χ3n) is 4.89. The fourth-order valence-electron chi connectivity index (χ4n) is 3.20. The fraction of sp³-hybridized carbons (Fsp3) is 0.250. The van der Waals surface area contributed by atoms with E-state index in [2.05, 4.69) is 39.7 Å². The monoisotopic (exact) mass is 435 g/mol. The van der Waals surface area contributed by atoms with Crippen LogP contribution >= 0.6 is 11.8 Å². The van der Waals surface area contributed by atoms with Crippen LogP contribution in [0.25, 0.3) is 0 Å². The molecule has 0 radical (unpaired) electrons. The number of hydrogen-bond acceptors (Lipinski definition) is 6. The molecule has 1 fully saturated rings. The number of thioether (sulfide) groups is 1. The second-order valence-corrected chi connectivity index (χ2v) is 8.14. The van der Waals surface area contributed by atoms with Gasteiger partial charge in [-0.2, -0.15) is 16.9 Å². The van der Waals surface area contributed by atoms with Gasteiger partial charge in [0.1, 0.15) is 5.76 Å². The highest BCUT2D eigenvalue weighted by Crippen LogP contribution is 2.19. The molecule has 0 bridgehead atoms. The molecule has 2 aromatic carbocycles. The van der Waals surface area contributed by atoms with Gasteiger partial charge in [-0.15, -0.1) is 0 Å². The number of morpholine rings is 1. The highest BCUT2D eigenvalue weighted by Gasteiger charge is 2.14. The number of hydrazone groups is 1. The number of carbonyl (C=O) groups excluding carboxylic acids is 1. The maximum absolute atomic E-state index is 12.3. The number of furan rings is 1. The maximum Gasteiger partial charge on any atom is 0.271 e. The van der Waals surface area contributed by atoms with Crippen LogP contribution in [0.5, 0.6) is 0 Å². The Labute approximate surface area is 186 Å². The van der Waals surface area contributed by atoms with Gasteiger partial charge in [-0.05, 0) is 29.3 Å². The molecular weight excluding hydrogens is 410 g/mol. The van der Waals surface area contributed by atoms with Gasteiger partial charge in [0, 0.05) is 36.2 Å². The normalized spacial score (nSPS) is 14.1. The first-order chi connectivity index (χ1) is 15.3. The van der Waals surface area contributed by atoms with E-state index in [0.29, 0.717) is 24.5 Å². The lowest BCUT2D eigenvalue weighted by Crippen LogP contribution is -2.35. The number of benzene rings is 2. The maximum atomic E-state index is 12.3. The quantitative estimate of drug-likeness (QED) is 0.422. The molecule has 0 unspecified atom stereocenters. The van der Waals surface area contributed by atoms with Crippen molar-refractivity contribution in [2.24, 2.45) is 5.10 Å². The topological polar surface area (TPSA) is 67.1 Å². The molecule has 7 heteroatoms. The number of hydrogen-bond donors (Lipinski definition) is 1. The van der Waals surface area contributed by atoms with Crippen LogP contribution in [-0.2, 0) is 16.2 Å². The van der Waals surface area contributed by atoms with Crippen molar-refractivity contribution in [2.45, 2.75) is 11.5 Å². The van der Waals surface area contributed by atoms with Crippen molar-refractivity contribution in [2.75, 3.05) is 31.2 Å². The van der Waals surface area contributed by atoms with E-state index in [9.17, 15) is 4.79 Å². The molecule has 31 heavy (non-hydrogen) atoms. The minimum Gasteiger partial charge on any atom is -0.440 e. The first-order valence-electron chi connectivity index (χ1n) is 10.2. The Morgan fingerprint density at radius 1 is 0.968 bits per heavy atom. The Bertz CT molecular complexity index is 996. The molecule has 0 spiro atoms. The molecule has 0 atom stereocenters. The van der Waals surface area contributed by atoms with Crippen LogP contribution in [0.3, 0.4) is 0 Å². The van der Waals surface area contributed by atoms with E-state index in [1.165, 1.54) is 17.3 Å². The number of amides is 1. The standard InChI is InChI=1S/C24H25N3O3S/c28-24(26-25-16-22-10-11-23(30-22)27-12-14-29-15-13-27)21-8-6-20(7-9-21)18-31-17-19-4-2-1-3-5-19/h1-11,16H,12-15,17-18H2,(H,26,28)/b25-16-. The summed E-state index contributed by atoms with van der Waals surface area (Å²) in [6.45, 7) is 3.01. The molecule has 1 aromatic heterocycles. The zero-order valence-electron chi connectivity index (χ0n) is 17.2. The Balaban J connectivity index is 1.23. The molecule has 1 aliphatic rings. The second kappa shape index (κ2) is 10.8. The molecule has 4 rings (SSSR count). The van der Waals surface area contributed by atoms with Crippen molar-refractivity contribution in [1.82, 2.24) is 5.43 Å². The number of anilines is 1. The molecule has 1 amide bonds. The molecule has 0 saturated carbocycles. The summed E-state index contributed by atoms with van der Waals surface area (Å²) in [5.41, 5.74) is 5.63. The fourth-order valence-corrected chi connectivity index (χ4v) is 4.16. The first kappa shape index (κ1) is 21.2. The Morgan fingerprint density at radius 3 is 2.42 bits per heavy atom. The SMILES string of the molecule is O=C(N/N=C\c1ccc(N2CCOCC2)o1)c1ccc(CSCc2ccccc2)cc1. The number of nitrogens with one attached hydrogen (secondary N) is 1. The molecule has 1 saturated heterocycles. The number of nitrogens with zero attached hydrogens (tertiary/aromatic N) is 2.